The van der Waals surface area contributed by atoms with Crippen LogP contribution in [-0.2, 0) is 6.42 Å². The molecular formula is C12H11O. The van der Waals surface area contributed by atoms with E-state index in [2.05, 4.69) is 18.6 Å². The van der Waals surface area contributed by atoms with E-state index in [1.807, 2.05) is 30.3 Å². The summed E-state index contributed by atoms with van der Waals surface area (Å²) in [4.78, 5) is 0. The van der Waals surface area contributed by atoms with Gasteiger partial charge in [0, 0.05) is 6.42 Å². The summed E-state index contributed by atoms with van der Waals surface area (Å²) in [6, 6.07) is 14.2. The van der Waals surface area contributed by atoms with Crippen LogP contribution in [0.15, 0.2) is 53.1 Å². The molecular weight excluding hydrogens is 160 g/mol. The maximum Gasteiger partial charge on any atom is 0.107 e. The number of hydrogen-bond donors (Lipinski definition) is 0. The van der Waals surface area contributed by atoms with Crippen LogP contribution in [0.5, 0.6) is 0 Å². The van der Waals surface area contributed by atoms with Crippen LogP contribution in [0.25, 0.3) is 0 Å². The van der Waals surface area contributed by atoms with Crippen molar-refractivity contribution in [3.05, 3.63) is 66.5 Å². The minimum Gasteiger partial charge on any atom is -0.469 e. The number of furan rings is 1. The SMILES string of the molecule is [CH](Cc1ccccc1)c1ccco1. The topological polar surface area (TPSA) is 13.1 Å². The van der Waals surface area contributed by atoms with Gasteiger partial charge in [0.2, 0.25) is 0 Å². The number of hydrogen-bond acceptors (Lipinski definition) is 1. The fourth-order valence-corrected chi connectivity index (χ4v) is 1.24. The van der Waals surface area contributed by atoms with Gasteiger partial charge in [-0.15, -0.1) is 0 Å². The van der Waals surface area contributed by atoms with Crippen LogP contribution in [0.3, 0.4) is 0 Å². The lowest BCUT2D eigenvalue weighted by atomic mass is 10.1. The van der Waals surface area contributed by atoms with Crippen molar-refractivity contribution < 1.29 is 4.42 Å². The lowest BCUT2D eigenvalue weighted by Crippen LogP contribution is -1.85. The predicted octanol–water partition coefficient (Wildman–Crippen LogP) is 3.07. The van der Waals surface area contributed by atoms with Crippen LogP contribution in [0, 0.1) is 6.42 Å². The summed E-state index contributed by atoms with van der Waals surface area (Å²) in [5.41, 5.74) is 1.30. The molecule has 0 spiro atoms. The molecule has 0 aliphatic heterocycles. The molecule has 1 aromatic carbocycles. The summed E-state index contributed by atoms with van der Waals surface area (Å²) in [6.45, 7) is 0. The number of rotatable bonds is 3. The molecule has 1 heterocycles. The van der Waals surface area contributed by atoms with Gasteiger partial charge in [0.1, 0.15) is 5.76 Å². The highest BCUT2D eigenvalue weighted by atomic mass is 16.3. The lowest BCUT2D eigenvalue weighted by molar-refractivity contribution is 0.537. The fourth-order valence-electron chi connectivity index (χ4n) is 1.24. The van der Waals surface area contributed by atoms with E-state index in [0.717, 1.165) is 12.2 Å². The highest BCUT2D eigenvalue weighted by Gasteiger charge is 1.96. The molecule has 0 aliphatic rings. The second-order valence-corrected chi connectivity index (χ2v) is 2.91. The zero-order chi connectivity index (χ0) is 8.93. The van der Waals surface area contributed by atoms with Gasteiger partial charge in [0.05, 0.1) is 6.26 Å². The standard InChI is InChI=1S/C12H11O/c1-2-5-11(6-3-1)8-9-12-7-4-10-13-12/h1-7,9-10H,8H2. The third-order valence-corrected chi connectivity index (χ3v) is 1.92. The van der Waals surface area contributed by atoms with Crippen molar-refractivity contribution in [2.75, 3.05) is 0 Å². The van der Waals surface area contributed by atoms with E-state index in [1.54, 1.807) is 6.26 Å². The molecule has 1 aromatic heterocycles. The first-order valence-electron chi connectivity index (χ1n) is 4.36. The van der Waals surface area contributed by atoms with Crippen molar-refractivity contribution in [1.82, 2.24) is 0 Å². The average molecular weight is 171 g/mol. The van der Waals surface area contributed by atoms with E-state index in [1.165, 1.54) is 5.56 Å². The van der Waals surface area contributed by atoms with Crippen LogP contribution in [0.1, 0.15) is 11.3 Å². The van der Waals surface area contributed by atoms with E-state index in [4.69, 9.17) is 4.42 Å². The maximum absolute atomic E-state index is 5.20. The fraction of sp³-hybridized carbons (Fsp3) is 0.0833. The number of benzene rings is 1. The Morgan fingerprint density at radius 1 is 1.00 bits per heavy atom. The van der Waals surface area contributed by atoms with Crippen LogP contribution in [0.4, 0.5) is 0 Å². The highest BCUT2D eigenvalue weighted by Crippen LogP contribution is 2.08. The maximum atomic E-state index is 5.20. The Morgan fingerprint density at radius 2 is 1.85 bits per heavy atom. The summed E-state index contributed by atoms with van der Waals surface area (Å²) in [6.07, 6.45) is 4.69. The van der Waals surface area contributed by atoms with Crippen molar-refractivity contribution in [1.29, 1.82) is 0 Å². The van der Waals surface area contributed by atoms with Gasteiger partial charge < -0.3 is 4.42 Å². The molecule has 1 heteroatoms. The molecule has 0 aliphatic carbocycles. The van der Waals surface area contributed by atoms with Crippen LogP contribution >= 0.6 is 0 Å². The van der Waals surface area contributed by atoms with Crippen LogP contribution < -0.4 is 0 Å². The molecule has 0 bridgehead atoms. The van der Waals surface area contributed by atoms with Gasteiger partial charge in [-0.1, -0.05) is 30.3 Å². The molecule has 0 amide bonds. The van der Waals surface area contributed by atoms with Crippen LogP contribution in [0.2, 0.25) is 0 Å². The summed E-state index contributed by atoms with van der Waals surface area (Å²) in [5.74, 6) is 0.934. The molecule has 2 rings (SSSR count). The molecule has 0 atom stereocenters. The Balaban J connectivity index is 1.94. The minimum atomic E-state index is 0.925. The molecule has 1 nitrogen and oxygen atoms in total. The first-order chi connectivity index (χ1) is 6.45. The van der Waals surface area contributed by atoms with Gasteiger partial charge in [-0.05, 0) is 24.1 Å². The Hall–Kier alpha value is -1.50. The van der Waals surface area contributed by atoms with Gasteiger partial charge in [-0.2, -0.15) is 0 Å². The van der Waals surface area contributed by atoms with Crippen LogP contribution in [-0.4, -0.2) is 0 Å². The second-order valence-electron chi connectivity index (χ2n) is 2.91. The largest absolute Gasteiger partial charge is 0.469 e. The minimum absolute atomic E-state index is 0.925. The average Bonchev–Trinajstić information content (AvgIpc) is 2.69. The quantitative estimate of drug-likeness (QED) is 0.691. The van der Waals surface area contributed by atoms with Gasteiger partial charge in [0.15, 0.2) is 0 Å². The Bertz CT molecular complexity index is 335. The predicted molar refractivity (Wildman–Crippen MR) is 52.3 cm³/mol. The molecule has 1 radical (unpaired) electrons. The normalized spacial score (nSPS) is 10.2. The highest BCUT2D eigenvalue weighted by molar-refractivity contribution is 5.20. The van der Waals surface area contributed by atoms with E-state index in [0.29, 0.717) is 0 Å². The zero-order valence-corrected chi connectivity index (χ0v) is 7.31. The molecule has 65 valence electrons. The van der Waals surface area contributed by atoms with E-state index in [9.17, 15) is 0 Å². The van der Waals surface area contributed by atoms with Gasteiger partial charge in [-0.25, -0.2) is 0 Å². The van der Waals surface area contributed by atoms with E-state index in [-0.39, 0.29) is 0 Å². The summed E-state index contributed by atoms with van der Waals surface area (Å²) < 4.78 is 5.20. The third-order valence-electron chi connectivity index (χ3n) is 1.92. The van der Waals surface area contributed by atoms with Gasteiger partial charge in [-0.3, -0.25) is 0 Å². The monoisotopic (exact) mass is 171 g/mol. The first kappa shape index (κ1) is 8.11. The lowest BCUT2D eigenvalue weighted by Gasteiger charge is -1.97. The Labute approximate surface area is 78.0 Å². The van der Waals surface area contributed by atoms with E-state index >= 15 is 0 Å². The van der Waals surface area contributed by atoms with Crippen molar-refractivity contribution in [3.8, 4) is 0 Å². The molecule has 2 aromatic rings. The van der Waals surface area contributed by atoms with Crippen molar-refractivity contribution in [2.45, 2.75) is 6.42 Å². The molecule has 13 heavy (non-hydrogen) atoms. The third kappa shape index (κ3) is 2.22. The molecule has 0 fully saturated rings. The van der Waals surface area contributed by atoms with Gasteiger partial charge >= 0.3 is 0 Å². The molecule has 0 saturated carbocycles. The molecule has 0 N–H and O–H groups in total. The van der Waals surface area contributed by atoms with Crippen molar-refractivity contribution in [3.63, 3.8) is 0 Å². The summed E-state index contributed by atoms with van der Waals surface area (Å²) in [7, 11) is 0. The van der Waals surface area contributed by atoms with Crippen molar-refractivity contribution in [2.24, 2.45) is 0 Å². The second kappa shape index (κ2) is 3.94. The first-order valence-corrected chi connectivity index (χ1v) is 4.36. The van der Waals surface area contributed by atoms with Gasteiger partial charge in [0.25, 0.3) is 0 Å². The molecule has 0 unspecified atom stereocenters. The molecule has 0 saturated heterocycles. The summed E-state index contributed by atoms with van der Waals surface area (Å²) in [5, 5.41) is 0. The smallest absolute Gasteiger partial charge is 0.107 e. The Kier molecular flexibility index (Phi) is 2.46. The zero-order valence-electron chi connectivity index (χ0n) is 7.31. The van der Waals surface area contributed by atoms with Crippen molar-refractivity contribution >= 4 is 0 Å². The van der Waals surface area contributed by atoms with E-state index < -0.39 is 0 Å². The Morgan fingerprint density at radius 3 is 2.54 bits per heavy atom. The summed E-state index contributed by atoms with van der Waals surface area (Å²) >= 11 is 0.